The number of phenols is 1. The van der Waals surface area contributed by atoms with E-state index >= 15 is 0 Å². The molecule has 1 heterocycles. The summed E-state index contributed by atoms with van der Waals surface area (Å²) in [5.41, 5.74) is 7.17. The standard InChI is InChI=1S/C10H12N2O2/c11-3-4-12-9-2-1-8(13)5-7(9)6-10(12)14/h1-2,5,13H,3-4,6,11H2. The van der Waals surface area contributed by atoms with E-state index in [-0.39, 0.29) is 11.7 Å². The van der Waals surface area contributed by atoms with Crippen molar-refractivity contribution < 1.29 is 9.90 Å². The lowest BCUT2D eigenvalue weighted by Gasteiger charge is -2.15. The summed E-state index contributed by atoms with van der Waals surface area (Å²) in [5.74, 6) is 0.252. The smallest absolute Gasteiger partial charge is 0.231 e. The lowest BCUT2D eigenvalue weighted by Crippen LogP contribution is -2.31. The number of fused-ring (bicyclic) bond motifs is 1. The van der Waals surface area contributed by atoms with Crippen LogP contribution in [0.3, 0.4) is 0 Å². The van der Waals surface area contributed by atoms with Crippen LogP contribution in [0.4, 0.5) is 5.69 Å². The van der Waals surface area contributed by atoms with Crippen molar-refractivity contribution in [3.8, 4) is 5.75 Å². The maximum absolute atomic E-state index is 11.5. The number of rotatable bonds is 2. The fourth-order valence-electron chi connectivity index (χ4n) is 1.74. The molecule has 1 aromatic rings. The Bertz CT molecular complexity index is 376. The van der Waals surface area contributed by atoms with Gasteiger partial charge < -0.3 is 15.7 Å². The van der Waals surface area contributed by atoms with Gasteiger partial charge >= 0.3 is 0 Å². The summed E-state index contributed by atoms with van der Waals surface area (Å²) in [5, 5.41) is 9.24. The summed E-state index contributed by atoms with van der Waals surface area (Å²) >= 11 is 0. The molecule has 0 unspecified atom stereocenters. The molecular formula is C10H12N2O2. The molecule has 0 aromatic heterocycles. The van der Waals surface area contributed by atoms with Gasteiger partial charge in [-0.05, 0) is 23.8 Å². The van der Waals surface area contributed by atoms with Gasteiger partial charge in [-0.1, -0.05) is 0 Å². The Kier molecular flexibility index (Phi) is 2.13. The Labute approximate surface area is 81.9 Å². The highest BCUT2D eigenvalue weighted by molar-refractivity contribution is 6.01. The molecule has 0 radical (unpaired) electrons. The van der Waals surface area contributed by atoms with Crippen LogP contribution in [0.5, 0.6) is 5.75 Å². The number of aromatic hydroxyl groups is 1. The Morgan fingerprint density at radius 2 is 2.29 bits per heavy atom. The molecule has 0 spiro atoms. The van der Waals surface area contributed by atoms with E-state index in [1.807, 2.05) is 0 Å². The number of carbonyl (C=O) groups is 1. The maximum Gasteiger partial charge on any atom is 0.231 e. The van der Waals surface area contributed by atoms with Crippen LogP contribution in [0.1, 0.15) is 5.56 Å². The zero-order valence-corrected chi connectivity index (χ0v) is 7.73. The molecule has 3 N–H and O–H groups in total. The van der Waals surface area contributed by atoms with Gasteiger partial charge in [0.25, 0.3) is 0 Å². The lowest BCUT2D eigenvalue weighted by molar-refractivity contribution is -0.117. The minimum absolute atomic E-state index is 0.0519. The number of amides is 1. The first-order valence-electron chi connectivity index (χ1n) is 4.54. The molecule has 0 atom stereocenters. The second-order valence-corrected chi connectivity index (χ2v) is 3.32. The fraction of sp³-hybridized carbons (Fsp3) is 0.300. The van der Waals surface area contributed by atoms with Crippen LogP contribution in [0.2, 0.25) is 0 Å². The third-order valence-corrected chi connectivity index (χ3v) is 2.35. The molecular weight excluding hydrogens is 180 g/mol. The molecule has 0 saturated heterocycles. The quantitative estimate of drug-likeness (QED) is 0.705. The maximum atomic E-state index is 11.5. The van der Waals surface area contributed by atoms with Gasteiger partial charge in [0.05, 0.1) is 6.42 Å². The van der Waals surface area contributed by atoms with Crippen LogP contribution in [0.25, 0.3) is 0 Å². The minimum atomic E-state index is 0.0519. The predicted molar refractivity (Wildman–Crippen MR) is 53.2 cm³/mol. The summed E-state index contributed by atoms with van der Waals surface area (Å²) in [6.45, 7) is 0.989. The first-order valence-corrected chi connectivity index (χ1v) is 4.54. The number of hydrogen-bond acceptors (Lipinski definition) is 3. The molecule has 0 fully saturated rings. The van der Waals surface area contributed by atoms with E-state index in [1.165, 1.54) is 0 Å². The first-order chi connectivity index (χ1) is 6.72. The number of anilines is 1. The van der Waals surface area contributed by atoms with Crippen molar-refractivity contribution >= 4 is 11.6 Å². The van der Waals surface area contributed by atoms with Crippen molar-refractivity contribution in [2.45, 2.75) is 6.42 Å². The molecule has 74 valence electrons. The summed E-state index contributed by atoms with van der Waals surface area (Å²) in [6.07, 6.45) is 0.365. The zero-order chi connectivity index (χ0) is 10.1. The summed E-state index contributed by atoms with van der Waals surface area (Å²) in [7, 11) is 0. The summed E-state index contributed by atoms with van der Waals surface area (Å²) < 4.78 is 0. The van der Waals surface area contributed by atoms with Crippen molar-refractivity contribution in [1.29, 1.82) is 0 Å². The Hall–Kier alpha value is -1.55. The molecule has 14 heavy (non-hydrogen) atoms. The number of benzene rings is 1. The minimum Gasteiger partial charge on any atom is -0.508 e. The van der Waals surface area contributed by atoms with Crippen molar-refractivity contribution in [2.75, 3.05) is 18.0 Å². The van der Waals surface area contributed by atoms with Crippen molar-refractivity contribution in [3.63, 3.8) is 0 Å². The number of carbonyl (C=O) groups excluding carboxylic acids is 1. The first kappa shape index (κ1) is 9.02. The van der Waals surface area contributed by atoms with Crippen LogP contribution in [-0.4, -0.2) is 24.1 Å². The molecule has 1 aromatic carbocycles. The molecule has 2 rings (SSSR count). The third-order valence-electron chi connectivity index (χ3n) is 2.35. The number of phenolic OH excluding ortho intramolecular Hbond substituents is 1. The van der Waals surface area contributed by atoms with Gasteiger partial charge in [-0.3, -0.25) is 4.79 Å². The highest BCUT2D eigenvalue weighted by atomic mass is 16.3. The van der Waals surface area contributed by atoms with Gasteiger partial charge in [-0.15, -0.1) is 0 Å². The van der Waals surface area contributed by atoms with E-state index in [2.05, 4.69) is 0 Å². The van der Waals surface area contributed by atoms with Gasteiger partial charge in [0.2, 0.25) is 5.91 Å². The molecule has 0 saturated carbocycles. The fourth-order valence-corrected chi connectivity index (χ4v) is 1.74. The molecule has 1 amide bonds. The highest BCUT2D eigenvalue weighted by Gasteiger charge is 2.26. The van der Waals surface area contributed by atoms with Gasteiger partial charge in [-0.2, -0.15) is 0 Å². The second kappa shape index (κ2) is 3.31. The van der Waals surface area contributed by atoms with E-state index in [4.69, 9.17) is 5.73 Å². The van der Waals surface area contributed by atoms with Gasteiger partial charge in [0.1, 0.15) is 5.75 Å². The second-order valence-electron chi connectivity index (χ2n) is 3.32. The van der Waals surface area contributed by atoms with E-state index in [0.29, 0.717) is 19.5 Å². The molecule has 0 aliphatic carbocycles. The SMILES string of the molecule is NCCN1C(=O)Cc2cc(O)ccc21. The third kappa shape index (κ3) is 1.33. The zero-order valence-electron chi connectivity index (χ0n) is 7.73. The normalized spacial score (nSPS) is 14.6. The molecule has 4 heteroatoms. The van der Waals surface area contributed by atoms with Gasteiger partial charge in [-0.25, -0.2) is 0 Å². The topological polar surface area (TPSA) is 66.6 Å². The molecule has 1 aliphatic heterocycles. The van der Waals surface area contributed by atoms with Crippen molar-refractivity contribution in [1.82, 2.24) is 0 Å². The van der Waals surface area contributed by atoms with Crippen LogP contribution in [0.15, 0.2) is 18.2 Å². The predicted octanol–water partition coefficient (Wildman–Crippen LogP) is 0.240. The van der Waals surface area contributed by atoms with Crippen LogP contribution in [-0.2, 0) is 11.2 Å². The number of nitrogens with two attached hydrogens (primary N) is 1. The average Bonchev–Trinajstić information content (AvgIpc) is 2.43. The van der Waals surface area contributed by atoms with Crippen LogP contribution < -0.4 is 10.6 Å². The molecule has 1 aliphatic rings. The van der Waals surface area contributed by atoms with Crippen molar-refractivity contribution in [3.05, 3.63) is 23.8 Å². The van der Waals surface area contributed by atoms with Gasteiger partial charge in [0, 0.05) is 18.8 Å². The molecule has 0 bridgehead atoms. The van der Waals surface area contributed by atoms with Gasteiger partial charge in [0.15, 0.2) is 0 Å². The van der Waals surface area contributed by atoms with E-state index in [9.17, 15) is 9.90 Å². The highest BCUT2D eigenvalue weighted by Crippen LogP contribution is 2.30. The summed E-state index contributed by atoms with van der Waals surface area (Å²) in [4.78, 5) is 13.2. The molecule has 4 nitrogen and oxygen atoms in total. The number of nitrogens with zero attached hydrogens (tertiary/aromatic N) is 1. The Morgan fingerprint density at radius 1 is 1.50 bits per heavy atom. The monoisotopic (exact) mass is 192 g/mol. The average molecular weight is 192 g/mol. The van der Waals surface area contributed by atoms with Crippen molar-refractivity contribution in [2.24, 2.45) is 5.73 Å². The van der Waals surface area contributed by atoms with E-state index in [1.54, 1.807) is 23.1 Å². The van der Waals surface area contributed by atoms with E-state index < -0.39 is 0 Å². The Balaban J connectivity index is 2.37. The number of hydrogen-bond donors (Lipinski definition) is 2. The Morgan fingerprint density at radius 3 is 3.00 bits per heavy atom. The lowest BCUT2D eigenvalue weighted by atomic mass is 10.1. The largest absolute Gasteiger partial charge is 0.508 e. The summed E-state index contributed by atoms with van der Waals surface area (Å²) in [6, 6.07) is 4.97. The van der Waals surface area contributed by atoms with Crippen LogP contribution >= 0.6 is 0 Å². The van der Waals surface area contributed by atoms with E-state index in [0.717, 1.165) is 11.3 Å². The van der Waals surface area contributed by atoms with Crippen LogP contribution in [0, 0.1) is 0 Å².